The lowest BCUT2D eigenvalue weighted by atomic mass is 9.97. The molecule has 5 heteroatoms. The molecule has 5 rings (SSSR count). The number of amides is 1. The molecule has 1 amide bonds. The maximum absolute atomic E-state index is 12.6. The minimum absolute atomic E-state index is 0.255. The maximum atomic E-state index is 12.6. The summed E-state index contributed by atoms with van der Waals surface area (Å²) in [4.78, 5) is 16.9. The lowest BCUT2D eigenvalue weighted by Crippen LogP contribution is -2.10. The number of carbonyl (C=O) groups excluding carboxylic acids is 1. The molecule has 0 spiro atoms. The predicted molar refractivity (Wildman–Crippen MR) is 145 cm³/mol. The Morgan fingerprint density at radius 2 is 1.67 bits per heavy atom. The minimum atomic E-state index is -0.255. The molecule has 0 fully saturated rings. The molecule has 36 heavy (non-hydrogen) atoms. The summed E-state index contributed by atoms with van der Waals surface area (Å²) in [7, 11) is 1.61. The highest BCUT2D eigenvalue weighted by Gasteiger charge is 2.15. The summed E-state index contributed by atoms with van der Waals surface area (Å²) < 4.78 is 11.5. The second-order valence-corrected chi connectivity index (χ2v) is 8.68. The highest BCUT2D eigenvalue weighted by atomic mass is 16.5. The van der Waals surface area contributed by atoms with Crippen LogP contribution in [-0.2, 0) is 4.79 Å². The van der Waals surface area contributed by atoms with Crippen molar-refractivity contribution in [1.82, 2.24) is 4.98 Å². The third kappa shape index (κ3) is 4.77. The van der Waals surface area contributed by atoms with Gasteiger partial charge >= 0.3 is 0 Å². The van der Waals surface area contributed by atoms with Crippen LogP contribution in [0.4, 0.5) is 5.82 Å². The average Bonchev–Trinajstić information content (AvgIpc) is 3.32. The maximum Gasteiger partial charge on any atom is 0.249 e. The number of rotatable bonds is 6. The number of aryl methyl sites for hydroxylation is 1. The van der Waals surface area contributed by atoms with Gasteiger partial charge in [0.25, 0.3) is 0 Å². The molecule has 0 aliphatic rings. The predicted octanol–water partition coefficient (Wildman–Crippen LogP) is 7.52. The van der Waals surface area contributed by atoms with E-state index in [1.807, 2.05) is 50.2 Å². The van der Waals surface area contributed by atoms with Gasteiger partial charge in [-0.15, -0.1) is 0 Å². The first-order valence-corrected chi connectivity index (χ1v) is 11.7. The first kappa shape index (κ1) is 23.1. The van der Waals surface area contributed by atoms with E-state index in [4.69, 9.17) is 9.15 Å². The number of benzene rings is 3. The number of nitrogens with one attached hydrogen (secondary N) is 1. The van der Waals surface area contributed by atoms with Crippen molar-refractivity contribution in [1.29, 1.82) is 0 Å². The molecule has 0 atom stereocenters. The van der Waals surface area contributed by atoms with Crippen molar-refractivity contribution in [2.24, 2.45) is 0 Å². The summed E-state index contributed by atoms with van der Waals surface area (Å²) >= 11 is 0. The Labute approximate surface area is 210 Å². The number of furan rings is 1. The largest absolute Gasteiger partial charge is 0.496 e. The Morgan fingerprint density at radius 3 is 2.36 bits per heavy atom. The van der Waals surface area contributed by atoms with Crippen LogP contribution in [0.3, 0.4) is 0 Å². The summed E-state index contributed by atoms with van der Waals surface area (Å²) in [5.41, 5.74) is 7.70. The van der Waals surface area contributed by atoms with Gasteiger partial charge in [-0.1, -0.05) is 60.7 Å². The molecule has 0 aliphatic carbocycles. The number of fused-ring (bicyclic) bond motifs is 1. The van der Waals surface area contributed by atoms with Crippen LogP contribution in [0.1, 0.15) is 18.1 Å². The third-order valence-electron chi connectivity index (χ3n) is 6.13. The number of methoxy groups -OCH3 is 1. The fourth-order valence-corrected chi connectivity index (χ4v) is 4.21. The van der Waals surface area contributed by atoms with E-state index in [9.17, 15) is 4.79 Å². The van der Waals surface area contributed by atoms with Gasteiger partial charge in [0, 0.05) is 34.9 Å². The summed E-state index contributed by atoms with van der Waals surface area (Å²) in [5, 5.41) is 3.76. The molecule has 5 nitrogen and oxygen atoms in total. The van der Waals surface area contributed by atoms with Gasteiger partial charge in [0.05, 0.1) is 13.4 Å². The number of aromatic nitrogens is 1. The van der Waals surface area contributed by atoms with E-state index < -0.39 is 0 Å². The topological polar surface area (TPSA) is 64.4 Å². The molecule has 5 aromatic rings. The third-order valence-corrected chi connectivity index (χ3v) is 6.13. The van der Waals surface area contributed by atoms with E-state index in [1.165, 1.54) is 5.56 Å². The van der Waals surface area contributed by atoms with Crippen molar-refractivity contribution in [2.45, 2.75) is 13.8 Å². The molecule has 1 N–H and O–H groups in total. The van der Waals surface area contributed by atoms with Crippen molar-refractivity contribution in [3.8, 4) is 28.0 Å². The summed E-state index contributed by atoms with van der Waals surface area (Å²) in [6, 6.07) is 26.3. The van der Waals surface area contributed by atoms with Crippen molar-refractivity contribution in [3.63, 3.8) is 0 Å². The molecular formula is C31H26N2O3. The van der Waals surface area contributed by atoms with Crippen LogP contribution in [-0.4, -0.2) is 18.0 Å². The number of hydrogen-bond acceptors (Lipinski definition) is 4. The van der Waals surface area contributed by atoms with Gasteiger partial charge in [-0.05, 0) is 53.8 Å². The van der Waals surface area contributed by atoms with E-state index in [0.29, 0.717) is 11.6 Å². The summed E-state index contributed by atoms with van der Waals surface area (Å²) in [6.07, 6.45) is 5.04. The molecule has 2 heterocycles. The molecule has 0 saturated heterocycles. The lowest BCUT2D eigenvalue weighted by Gasteiger charge is -2.10. The van der Waals surface area contributed by atoms with Crippen LogP contribution >= 0.6 is 0 Å². The summed E-state index contributed by atoms with van der Waals surface area (Å²) in [5.74, 6) is 0.890. The lowest BCUT2D eigenvalue weighted by molar-refractivity contribution is -0.111. The Balaban J connectivity index is 1.47. The van der Waals surface area contributed by atoms with Crippen LogP contribution in [0, 0.1) is 6.92 Å². The molecule has 0 aliphatic heterocycles. The molecule has 3 aromatic carbocycles. The van der Waals surface area contributed by atoms with Crippen molar-refractivity contribution in [3.05, 3.63) is 109 Å². The van der Waals surface area contributed by atoms with Crippen molar-refractivity contribution < 1.29 is 13.9 Å². The molecule has 0 saturated carbocycles. The van der Waals surface area contributed by atoms with Gasteiger partial charge in [-0.2, -0.15) is 0 Å². The highest BCUT2D eigenvalue weighted by molar-refractivity contribution is 6.05. The molecule has 0 bridgehead atoms. The first-order valence-electron chi connectivity index (χ1n) is 11.7. The Kier molecular flexibility index (Phi) is 6.37. The van der Waals surface area contributed by atoms with Crippen LogP contribution < -0.4 is 10.1 Å². The number of allylic oxidation sites excluding steroid dienone is 1. The van der Waals surface area contributed by atoms with Crippen molar-refractivity contribution >= 4 is 28.3 Å². The average molecular weight is 475 g/mol. The number of ether oxygens (including phenoxy) is 1. The molecule has 178 valence electrons. The van der Waals surface area contributed by atoms with E-state index >= 15 is 0 Å². The summed E-state index contributed by atoms with van der Waals surface area (Å²) in [6.45, 7) is 3.84. The molecule has 0 radical (unpaired) electrons. The standard InChI is InChI=1S/C31H26N2O3/c1-20-9-14-30(32-18-20)33-31(34)15-21(2)25-16-26-27(19-36-29(26)17-28(25)35-3)24-12-10-23(11-13-24)22-7-5-4-6-8-22/h4-19H,1-3H3,(H,32,33,34)/b21-15+. The van der Waals surface area contributed by atoms with E-state index in [0.717, 1.165) is 44.4 Å². The number of hydrogen-bond donors (Lipinski definition) is 1. The Morgan fingerprint density at radius 1 is 0.944 bits per heavy atom. The molecule has 0 unspecified atom stereocenters. The fourth-order valence-electron chi connectivity index (χ4n) is 4.21. The number of carbonyl (C=O) groups is 1. The quantitative estimate of drug-likeness (QED) is 0.259. The number of nitrogens with zero attached hydrogens (tertiary/aromatic N) is 1. The van der Waals surface area contributed by atoms with Gasteiger partial charge in [0.1, 0.15) is 17.2 Å². The van der Waals surface area contributed by atoms with Crippen LogP contribution in [0.5, 0.6) is 5.75 Å². The Hall–Kier alpha value is -4.64. The van der Waals surface area contributed by atoms with Crippen molar-refractivity contribution in [2.75, 3.05) is 12.4 Å². The molecule has 2 aromatic heterocycles. The zero-order valence-corrected chi connectivity index (χ0v) is 20.4. The monoisotopic (exact) mass is 474 g/mol. The van der Waals surface area contributed by atoms with Gasteiger partial charge in [0.2, 0.25) is 5.91 Å². The zero-order chi connectivity index (χ0) is 25.1. The van der Waals surface area contributed by atoms with Gasteiger partial charge in [-0.25, -0.2) is 4.98 Å². The van der Waals surface area contributed by atoms with Gasteiger partial charge in [-0.3, -0.25) is 4.79 Å². The van der Waals surface area contributed by atoms with E-state index in [1.54, 1.807) is 31.7 Å². The second kappa shape index (κ2) is 9.92. The number of pyridine rings is 1. The van der Waals surface area contributed by atoms with E-state index in [2.05, 4.69) is 46.7 Å². The molecular weight excluding hydrogens is 448 g/mol. The smallest absolute Gasteiger partial charge is 0.249 e. The van der Waals surface area contributed by atoms with Gasteiger partial charge < -0.3 is 14.5 Å². The first-order chi connectivity index (χ1) is 17.5. The normalized spacial score (nSPS) is 11.5. The second-order valence-electron chi connectivity index (χ2n) is 8.68. The fraction of sp³-hybridized carbons (Fsp3) is 0.0968. The van der Waals surface area contributed by atoms with Crippen LogP contribution in [0.2, 0.25) is 0 Å². The SMILES string of the molecule is COc1cc2occ(-c3ccc(-c4ccccc4)cc3)c2cc1/C(C)=C/C(=O)Nc1ccc(C)cn1. The Bertz CT molecular complexity index is 1550. The van der Waals surface area contributed by atoms with Gasteiger partial charge in [0.15, 0.2) is 0 Å². The number of anilines is 1. The minimum Gasteiger partial charge on any atom is -0.496 e. The zero-order valence-electron chi connectivity index (χ0n) is 20.4. The van der Waals surface area contributed by atoms with E-state index in [-0.39, 0.29) is 5.91 Å². The highest BCUT2D eigenvalue weighted by Crippen LogP contribution is 2.38. The van der Waals surface area contributed by atoms with Crippen LogP contribution in [0.25, 0.3) is 38.8 Å². The van der Waals surface area contributed by atoms with Crippen LogP contribution in [0.15, 0.2) is 102 Å².